The molecule has 1 aromatic heterocycles. The fourth-order valence-electron chi connectivity index (χ4n) is 3.17. The van der Waals surface area contributed by atoms with Gasteiger partial charge in [0.05, 0.1) is 5.69 Å². The zero-order valence-electron chi connectivity index (χ0n) is 11.2. The van der Waals surface area contributed by atoms with Gasteiger partial charge in [-0.15, -0.1) is 0 Å². The molecule has 3 aromatic carbocycles. The van der Waals surface area contributed by atoms with Crippen LogP contribution in [0.5, 0.6) is 0 Å². The van der Waals surface area contributed by atoms with E-state index in [1.807, 2.05) is 18.0 Å². The van der Waals surface area contributed by atoms with E-state index in [2.05, 4.69) is 65.6 Å². The predicted molar refractivity (Wildman–Crippen MR) is 88.8 cm³/mol. The van der Waals surface area contributed by atoms with Crippen molar-refractivity contribution in [1.29, 1.82) is 0 Å². The number of rotatable bonds is 0. The van der Waals surface area contributed by atoms with Gasteiger partial charge in [0, 0.05) is 26.9 Å². The molecule has 5 rings (SSSR count). The topological polar surface area (TPSA) is 12.9 Å². The first kappa shape index (κ1) is 11.4. The Morgan fingerprint density at radius 1 is 0.762 bits per heavy atom. The summed E-state index contributed by atoms with van der Waals surface area (Å²) in [7, 11) is 0. The van der Waals surface area contributed by atoms with Crippen molar-refractivity contribution >= 4 is 33.3 Å². The smallest absolute Gasteiger partial charge is 0.0803 e. The lowest BCUT2D eigenvalue weighted by Crippen LogP contribution is -1.95. The number of aromatic nitrogens is 1. The number of hydrogen-bond acceptors (Lipinski definition) is 2. The molecule has 1 nitrogen and oxygen atoms in total. The molecule has 0 saturated carbocycles. The molecule has 0 fully saturated rings. The molecule has 0 unspecified atom stereocenters. The molecule has 1 aliphatic rings. The molecule has 0 saturated heterocycles. The van der Waals surface area contributed by atoms with Crippen LogP contribution < -0.4 is 0 Å². The fraction of sp³-hybridized carbons (Fsp3) is 0. The van der Waals surface area contributed by atoms with Crippen LogP contribution in [0, 0.1) is 0 Å². The van der Waals surface area contributed by atoms with Gasteiger partial charge in [0.2, 0.25) is 0 Å². The molecular weight excluding hydrogens is 274 g/mol. The van der Waals surface area contributed by atoms with Crippen LogP contribution >= 0.6 is 11.8 Å². The highest BCUT2D eigenvalue weighted by Gasteiger charge is 2.20. The number of fused-ring (bicyclic) bond motifs is 4. The van der Waals surface area contributed by atoms with Crippen LogP contribution in [0.4, 0.5) is 0 Å². The van der Waals surface area contributed by atoms with Gasteiger partial charge in [0.25, 0.3) is 0 Å². The van der Waals surface area contributed by atoms with Crippen molar-refractivity contribution in [3.63, 3.8) is 0 Å². The maximum Gasteiger partial charge on any atom is 0.0803 e. The Kier molecular flexibility index (Phi) is 2.21. The summed E-state index contributed by atoms with van der Waals surface area (Å²) in [5.74, 6) is 0. The summed E-state index contributed by atoms with van der Waals surface area (Å²) in [6.07, 6.45) is 1.93. The minimum Gasteiger partial charge on any atom is -0.256 e. The second-order valence-electron chi connectivity index (χ2n) is 5.28. The molecule has 2 heterocycles. The van der Waals surface area contributed by atoms with E-state index >= 15 is 0 Å². The first-order chi connectivity index (χ1) is 10.4. The number of hydrogen-bond donors (Lipinski definition) is 0. The van der Waals surface area contributed by atoms with Crippen LogP contribution in [-0.2, 0) is 0 Å². The standard InChI is InChI=1S/C19H11NS/c1-2-6-13-12(5-1)11-17-18-14(13)9-10-20-19(18)15-7-3-4-8-16(15)21-17/h1-11H. The summed E-state index contributed by atoms with van der Waals surface area (Å²) in [4.78, 5) is 7.27. The van der Waals surface area contributed by atoms with Crippen molar-refractivity contribution < 1.29 is 0 Å². The molecule has 4 aromatic rings. The van der Waals surface area contributed by atoms with E-state index in [1.54, 1.807) is 0 Å². The normalized spacial score (nSPS) is 12.6. The van der Waals surface area contributed by atoms with Gasteiger partial charge in [-0.3, -0.25) is 4.98 Å². The third-order valence-electron chi connectivity index (χ3n) is 4.10. The molecular formula is C19H11NS. The summed E-state index contributed by atoms with van der Waals surface area (Å²) in [6.45, 7) is 0. The van der Waals surface area contributed by atoms with E-state index in [4.69, 9.17) is 0 Å². The van der Waals surface area contributed by atoms with Gasteiger partial charge in [-0.05, 0) is 34.4 Å². The van der Waals surface area contributed by atoms with E-state index in [0.29, 0.717) is 0 Å². The Labute approximate surface area is 126 Å². The molecule has 0 amide bonds. The van der Waals surface area contributed by atoms with Crippen molar-refractivity contribution in [3.8, 4) is 11.3 Å². The molecule has 0 aliphatic carbocycles. The molecule has 0 atom stereocenters. The maximum atomic E-state index is 4.67. The van der Waals surface area contributed by atoms with Gasteiger partial charge in [0.1, 0.15) is 0 Å². The second-order valence-corrected chi connectivity index (χ2v) is 6.36. The SMILES string of the molecule is c1ccc2c(c1)Sc1cc3ccccc3c3ccnc-2c13. The van der Waals surface area contributed by atoms with Gasteiger partial charge in [-0.2, -0.15) is 0 Å². The minimum atomic E-state index is 1.11. The monoisotopic (exact) mass is 285 g/mol. The third-order valence-corrected chi connectivity index (χ3v) is 5.21. The molecule has 0 N–H and O–H groups in total. The van der Waals surface area contributed by atoms with Gasteiger partial charge in [-0.25, -0.2) is 0 Å². The van der Waals surface area contributed by atoms with Gasteiger partial charge in [0.15, 0.2) is 0 Å². The largest absolute Gasteiger partial charge is 0.256 e. The zero-order valence-corrected chi connectivity index (χ0v) is 12.0. The Morgan fingerprint density at radius 3 is 2.62 bits per heavy atom. The lowest BCUT2D eigenvalue weighted by molar-refractivity contribution is 1.29. The highest BCUT2D eigenvalue weighted by Crippen LogP contribution is 2.48. The van der Waals surface area contributed by atoms with E-state index in [9.17, 15) is 0 Å². The molecule has 0 bridgehead atoms. The highest BCUT2D eigenvalue weighted by atomic mass is 32.2. The van der Waals surface area contributed by atoms with Crippen molar-refractivity contribution in [2.45, 2.75) is 9.79 Å². The molecule has 2 heteroatoms. The Bertz CT molecular complexity index is 1020. The summed E-state index contributed by atoms with van der Waals surface area (Å²) in [5, 5.41) is 5.19. The number of benzene rings is 3. The first-order valence-electron chi connectivity index (χ1n) is 6.99. The number of pyridine rings is 1. The van der Waals surface area contributed by atoms with Crippen LogP contribution in [0.2, 0.25) is 0 Å². The van der Waals surface area contributed by atoms with Crippen molar-refractivity contribution in [2.24, 2.45) is 0 Å². The predicted octanol–water partition coefficient (Wildman–Crippen LogP) is 5.52. The van der Waals surface area contributed by atoms with E-state index in [0.717, 1.165) is 5.69 Å². The van der Waals surface area contributed by atoms with Crippen molar-refractivity contribution in [1.82, 2.24) is 4.98 Å². The first-order valence-corrected chi connectivity index (χ1v) is 7.81. The molecule has 1 aliphatic heterocycles. The summed E-state index contributed by atoms with van der Waals surface area (Å²) in [5.41, 5.74) is 2.36. The maximum absolute atomic E-state index is 4.67. The van der Waals surface area contributed by atoms with Crippen LogP contribution in [0.3, 0.4) is 0 Å². The lowest BCUT2D eigenvalue weighted by atomic mass is 9.98. The van der Waals surface area contributed by atoms with Crippen LogP contribution in [-0.4, -0.2) is 4.98 Å². The average molecular weight is 285 g/mol. The zero-order chi connectivity index (χ0) is 13.8. The minimum absolute atomic E-state index is 1.11. The summed E-state index contributed by atoms with van der Waals surface area (Å²) >= 11 is 1.85. The quantitative estimate of drug-likeness (QED) is 0.347. The van der Waals surface area contributed by atoms with Crippen molar-refractivity contribution in [2.75, 3.05) is 0 Å². The molecule has 21 heavy (non-hydrogen) atoms. The van der Waals surface area contributed by atoms with Crippen LogP contribution in [0.15, 0.2) is 76.7 Å². The molecule has 0 radical (unpaired) electrons. The van der Waals surface area contributed by atoms with E-state index < -0.39 is 0 Å². The lowest BCUT2D eigenvalue weighted by Gasteiger charge is -2.20. The second kappa shape index (κ2) is 4.09. The van der Waals surface area contributed by atoms with Crippen LogP contribution in [0.1, 0.15) is 0 Å². The average Bonchev–Trinajstić information content (AvgIpc) is 2.55. The highest BCUT2D eigenvalue weighted by molar-refractivity contribution is 7.99. The molecule has 98 valence electrons. The number of nitrogens with zero attached hydrogens (tertiary/aromatic N) is 1. The van der Waals surface area contributed by atoms with E-state index in [-0.39, 0.29) is 0 Å². The summed E-state index contributed by atoms with van der Waals surface area (Å²) < 4.78 is 0. The van der Waals surface area contributed by atoms with Gasteiger partial charge >= 0.3 is 0 Å². The fourth-order valence-corrected chi connectivity index (χ4v) is 4.32. The Morgan fingerprint density at radius 2 is 1.62 bits per heavy atom. The van der Waals surface area contributed by atoms with Gasteiger partial charge in [-0.1, -0.05) is 54.2 Å². The molecule has 0 spiro atoms. The third kappa shape index (κ3) is 1.51. The van der Waals surface area contributed by atoms with Crippen LogP contribution in [0.25, 0.3) is 32.8 Å². The van der Waals surface area contributed by atoms with Crippen molar-refractivity contribution in [3.05, 3.63) is 66.9 Å². The van der Waals surface area contributed by atoms with Gasteiger partial charge < -0.3 is 0 Å². The Balaban J connectivity index is 2.04. The summed E-state index contributed by atoms with van der Waals surface area (Å²) in [6, 6.07) is 21.6. The van der Waals surface area contributed by atoms with E-state index in [1.165, 1.54) is 36.9 Å². The Hall–Kier alpha value is -2.32.